The van der Waals surface area contributed by atoms with Gasteiger partial charge in [0.15, 0.2) is 0 Å². The lowest BCUT2D eigenvalue weighted by molar-refractivity contribution is 0.195. The molecule has 0 saturated carbocycles. The summed E-state index contributed by atoms with van der Waals surface area (Å²) in [6.07, 6.45) is 0. The van der Waals surface area contributed by atoms with Crippen LogP contribution >= 0.6 is 0 Å². The van der Waals surface area contributed by atoms with Crippen molar-refractivity contribution in [2.45, 2.75) is 32.7 Å². The van der Waals surface area contributed by atoms with Crippen LogP contribution in [-0.2, 0) is 0 Å². The molecule has 0 aromatic carbocycles. The molecule has 1 saturated heterocycles. The summed E-state index contributed by atoms with van der Waals surface area (Å²) in [4.78, 5) is 11.6. The van der Waals surface area contributed by atoms with Gasteiger partial charge in [-0.1, -0.05) is 13.8 Å². The van der Waals surface area contributed by atoms with Gasteiger partial charge in [0.2, 0.25) is 5.88 Å². The molecule has 5 nitrogen and oxygen atoms in total. The van der Waals surface area contributed by atoms with Crippen LogP contribution in [0.5, 0.6) is 5.88 Å². The zero-order chi connectivity index (χ0) is 14.0. The molecular weight excluding hydrogens is 240 g/mol. The second kappa shape index (κ2) is 5.84. The molecule has 106 valence electrons. The minimum atomic E-state index is 0.282. The highest BCUT2D eigenvalue weighted by Crippen LogP contribution is 2.31. The molecule has 1 N–H and O–H groups in total. The first kappa shape index (κ1) is 14.2. The fourth-order valence-corrected chi connectivity index (χ4v) is 2.50. The highest BCUT2D eigenvalue weighted by atomic mass is 16.5. The molecule has 5 heteroatoms. The van der Waals surface area contributed by atoms with Crippen molar-refractivity contribution in [1.82, 2.24) is 20.2 Å². The smallest absolute Gasteiger partial charge is 0.221 e. The highest BCUT2D eigenvalue weighted by Gasteiger charge is 2.27. The molecular formula is C14H24N4O. The molecule has 19 heavy (non-hydrogen) atoms. The van der Waals surface area contributed by atoms with E-state index >= 15 is 0 Å². The number of hydrogen-bond acceptors (Lipinski definition) is 5. The van der Waals surface area contributed by atoms with Gasteiger partial charge in [0.25, 0.3) is 0 Å². The molecule has 2 rings (SSSR count). The van der Waals surface area contributed by atoms with Gasteiger partial charge in [0.1, 0.15) is 5.82 Å². The molecule has 0 bridgehead atoms. The van der Waals surface area contributed by atoms with Crippen molar-refractivity contribution in [2.75, 3.05) is 33.8 Å². The van der Waals surface area contributed by atoms with E-state index in [4.69, 9.17) is 4.74 Å². The second-order valence-corrected chi connectivity index (χ2v) is 5.45. The van der Waals surface area contributed by atoms with Gasteiger partial charge in [0.05, 0.1) is 18.7 Å². The van der Waals surface area contributed by atoms with Crippen molar-refractivity contribution in [3.63, 3.8) is 0 Å². The Bertz CT molecular complexity index is 447. The van der Waals surface area contributed by atoms with E-state index in [1.807, 2.05) is 6.92 Å². The standard InChI is InChI=1S/C14H24N4O/c1-9(2)13-16-10(3)12(14(17-13)19-5)11-8-15-6-7-18(11)4/h9,11,15H,6-8H2,1-5H3. The molecule has 1 aromatic heterocycles. The first-order chi connectivity index (χ1) is 9.04. The minimum absolute atomic E-state index is 0.282. The SMILES string of the molecule is COc1nc(C(C)C)nc(C)c1C1CNCCN1C. The van der Waals surface area contributed by atoms with Crippen molar-refractivity contribution < 1.29 is 4.74 Å². The third kappa shape index (κ3) is 2.87. The summed E-state index contributed by atoms with van der Waals surface area (Å²) < 4.78 is 5.51. The Morgan fingerprint density at radius 3 is 2.68 bits per heavy atom. The highest BCUT2D eigenvalue weighted by molar-refractivity contribution is 5.34. The van der Waals surface area contributed by atoms with Crippen LogP contribution in [0.1, 0.15) is 42.9 Å². The van der Waals surface area contributed by atoms with Crippen LogP contribution in [0.4, 0.5) is 0 Å². The monoisotopic (exact) mass is 264 g/mol. The fourth-order valence-electron chi connectivity index (χ4n) is 2.50. The maximum absolute atomic E-state index is 5.51. The fraction of sp³-hybridized carbons (Fsp3) is 0.714. The topological polar surface area (TPSA) is 50.3 Å². The predicted molar refractivity (Wildman–Crippen MR) is 75.7 cm³/mol. The number of hydrogen-bond donors (Lipinski definition) is 1. The first-order valence-corrected chi connectivity index (χ1v) is 6.88. The van der Waals surface area contributed by atoms with E-state index in [0.29, 0.717) is 5.92 Å². The number of methoxy groups -OCH3 is 1. The number of nitrogens with one attached hydrogen (secondary N) is 1. The van der Waals surface area contributed by atoms with Crippen molar-refractivity contribution in [3.8, 4) is 5.88 Å². The zero-order valence-electron chi connectivity index (χ0n) is 12.5. The van der Waals surface area contributed by atoms with E-state index in [9.17, 15) is 0 Å². The lowest BCUT2D eigenvalue weighted by Crippen LogP contribution is -2.44. The maximum Gasteiger partial charge on any atom is 0.221 e. The van der Waals surface area contributed by atoms with Crippen molar-refractivity contribution in [3.05, 3.63) is 17.1 Å². The zero-order valence-corrected chi connectivity index (χ0v) is 12.5. The molecule has 0 amide bonds. The van der Waals surface area contributed by atoms with Gasteiger partial charge < -0.3 is 10.1 Å². The minimum Gasteiger partial charge on any atom is -0.481 e. The number of rotatable bonds is 3. The van der Waals surface area contributed by atoms with Gasteiger partial charge >= 0.3 is 0 Å². The maximum atomic E-state index is 5.51. The largest absolute Gasteiger partial charge is 0.481 e. The molecule has 1 aromatic rings. The third-order valence-corrected chi connectivity index (χ3v) is 3.67. The van der Waals surface area contributed by atoms with Crippen LogP contribution < -0.4 is 10.1 Å². The molecule has 0 spiro atoms. The Morgan fingerprint density at radius 2 is 2.11 bits per heavy atom. The van der Waals surface area contributed by atoms with Gasteiger partial charge in [-0.15, -0.1) is 0 Å². The average molecular weight is 264 g/mol. The summed E-state index contributed by atoms with van der Waals surface area (Å²) in [5, 5.41) is 3.43. The number of likely N-dealkylation sites (N-methyl/N-ethyl adjacent to an activating group) is 1. The molecule has 2 heterocycles. The third-order valence-electron chi connectivity index (χ3n) is 3.67. The molecule has 1 aliphatic heterocycles. The Labute approximate surface area is 115 Å². The van der Waals surface area contributed by atoms with E-state index in [1.54, 1.807) is 7.11 Å². The van der Waals surface area contributed by atoms with Crippen LogP contribution in [0.3, 0.4) is 0 Å². The lowest BCUT2D eigenvalue weighted by Gasteiger charge is -2.34. The Kier molecular flexibility index (Phi) is 4.37. The molecule has 1 atom stereocenters. The van der Waals surface area contributed by atoms with Crippen molar-refractivity contribution in [2.24, 2.45) is 0 Å². The van der Waals surface area contributed by atoms with E-state index in [-0.39, 0.29) is 6.04 Å². The van der Waals surface area contributed by atoms with Crippen LogP contribution in [0, 0.1) is 6.92 Å². The Hall–Kier alpha value is -1.20. The lowest BCUT2D eigenvalue weighted by atomic mass is 10.0. The summed E-state index contributed by atoms with van der Waals surface area (Å²) in [5.74, 6) is 1.88. The number of ether oxygens (including phenoxy) is 1. The molecule has 1 aliphatic rings. The number of aromatic nitrogens is 2. The van der Waals surface area contributed by atoms with E-state index in [0.717, 1.165) is 42.6 Å². The molecule has 1 fully saturated rings. The normalized spacial score (nSPS) is 20.8. The predicted octanol–water partition coefficient (Wildman–Crippen LogP) is 1.49. The van der Waals surface area contributed by atoms with Crippen LogP contribution in [0.2, 0.25) is 0 Å². The quantitative estimate of drug-likeness (QED) is 0.896. The average Bonchev–Trinajstić information content (AvgIpc) is 2.39. The van der Waals surface area contributed by atoms with Crippen LogP contribution in [0.25, 0.3) is 0 Å². The summed E-state index contributed by atoms with van der Waals surface area (Å²) >= 11 is 0. The summed E-state index contributed by atoms with van der Waals surface area (Å²) in [6.45, 7) is 9.22. The summed E-state index contributed by atoms with van der Waals surface area (Å²) in [5.41, 5.74) is 2.14. The number of nitrogens with zero attached hydrogens (tertiary/aromatic N) is 3. The molecule has 0 radical (unpaired) electrons. The van der Waals surface area contributed by atoms with Crippen molar-refractivity contribution in [1.29, 1.82) is 0 Å². The molecule has 0 aliphatic carbocycles. The van der Waals surface area contributed by atoms with Gasteiger partial charge in [-0.25, -0.2) is 4.98 Å². The van der Waals surface area contributed by atoms with Gasteiger partial charge in [-0.2, -0.15) is 4.98 Å². The second-order valence-electron chi connectivity index (χ2n) is 5.45. The number of aryl methyl sites for hydroxylation is 1. The van der Waals surface area contributed by atoms with Crippen LogP contribution in [0.15, 0.2) is 0 Å². The van der Waals surface area contributed by atoms with Crippen LogP contribution in [-0.4, -0.2) is 48.7 Å². The first-order valence-electron chi connectivity index (χ1n) is 6.88. The van der Waals surface area contributed by atoms with E-state index in [1.165, 1.54) is 0 Å². The van der Waals surface area contributed by atoms with E-state index in [2.05, 4.69) is 41.1 Å². The number of piperazine rings is 1. The van der Waals surface area contributed by atoms with Gasteiger partial charge in [-0.3, -0.25) is 4.90 Å². The van der Waals surface area contributed by atoms with Gasteiger partial charge in [-0.05, 0) is 14.0 Å². The van der Waals surface area contributed by atoms with Crippen molar-refractivity contribution >= 4 is 0 Å². The van der Waals surface area contributed by atoms with Gasteiger partial charge in [0, 0.05) is 31.2 Å². The molecule has 1 unspecified atom stereocenters. The summed E-state index contributed by atoms with van der Waals surface area (Å²) in [7, 11) is 3.83. The van der Waals surface area contributed by atoms with E-state index < -0.39 is 0 Å². The Morgan fingerprint density at radius 1 is 1.37 bits per heavy atom. The Balaban J connectivity index is 2.43. The summed E-state index contributed by atoms with van der Waals surface area (Å²) in [6, 6.07) is 0.282.